The third-order valence-corrected chi connectivity index (χ3v) is 1.78. The van der Waals surface area contributed by atoms with Gasteiger partial charge in [0.05, 0.1) is 25.2 Å². The van der Waals surface area contributed by atoms with Crippen LogP contribution in [-0.2, 0) is 9.59 Å². The van der Waals surface area contributed by atoms with Crippen molar-refractivity contribution in [2.24, 2.45) is 0 Å². The van der Waals surface area contributed by atoms with Crippen LogP contribution in [0.2, 0.25) is 0 Å². The molecule has 0 aliphatic carbocycles. The summed E-state index contributed by atoms with van der Waals surface area (Å²) >= 11 is 0. The van der Waals surface area contributed by atoms with Gasteiger partial charge in [-0.15, -0.1) is 0 Å². The van der Waals surface area contributed by atoms with Crippen molar-refractivity contribution in [3.8, 4) is 0 Å². The molecule has 2 amide bonds. The van der Waals surface area contributed by atoms with Gasteiger partial charge < -0.3 is 15.5 Å². The second kappa shape index (κ2) is 4.31. The summed E-state index contributed by atoms with van der Waals surface area (Å²) in [6, 6.07) is -0.575. The first-order valence-electron chi connectivity index (χ1n) is 3.99. The summed E-state index contributed by atoms with van der Waals surface area (Å²) in [6.07, 6.45) is -0.805. The summed E-state index contributed by atoms with van der Waals surface area (Å²) < 4.78 is 0. The summed E-state index contributed by atoms with van der Waals surface area (Å²) in [4.78, 5) is 21.6. The van der Waals surface area contributed by atoms with Crippen molar-refractivity contribution in [3.05, 3.63) is 0 Å². The van der Waals surface area contributed by atoms with E-state index < -0.39 is 12.1 Å². The molecule has 1 rings (SSSR count). The molecule has 4 N–H and O–H groups in total. The zero-order valence-electron chi connectivity index (χ0n) is 6.99. The minimum absolute atomic E-state index is 0.0942. The zero-order chi connectivity index (χ0) is 9.84. The second-order valence-corrected chi connectivity index (χ2v) is 2.91. The lowest BCUT2D eigenvalue weighted by Crippen LogP contribution is -2.41. The number of nitrogens with one attached hydrogen (secondary N) is 2. The van der Waals surface area contributed by atoms with Crippen LogP contribution in [0.5, 0.6) is 0 Å². The first-order chi connectivity index (χ1) is 6.13. The number of hydrogen-bond donors (Lipinski definition) is 4. The Labute approximate surface area is 74.9 Å². The molecule has 2 atom stereocenters. The SMILES string of the molecule is O=C1CC(NCC(O)CO)C(=O)N1. The summed E-state index contributed by atoms with van der Waals surface area (Å²) in [5, 5.41) is 22.2. The minimum Gasteiger partial charge on any atom is -0.394 e. The summed E-state index contributed by atoms with van der Waals surface area (Å²) in [6.45, 7) is -0.267. The van der Waals surface area contributed by atoms with E-state index in [9.17, 15) is 9.59 Å². The third-order valence-electron chi connectivity index (χ3n) is 1.78. The number of hydrogen-bond acceptors (Lipinski definition) is 5. The van der Waals surface area contributed by atoms with Crippen molar-refractivity contribution in [2.75, 3.05) is 13.2 Å². The predicted octanol–water partition coefficient (Wildman–Crippen LogP) is -2.66. The molecule has 0 aromatic carbocycles. The van der Waals surface area contributed by atoms with Crippen LogP contribution in [-0.4, -0.2) is 47.3 Å². The van der Waals surface area contributed by atoms with Crippen LogP contribution in [0.1, 0.15) is 6.42 Å². The number of carbonyl (C=O) groups is 2. The molecule has 6 heteroatoms. The molecule has 74 valence electrons. The lowest BCUT2D eigenvalue weighted by atomic mass is 10.2. The highest BCUT2D eigenvalue weighted by molar-refractivity contribution is 6.05. The van der Waals surface area contributed by atoms with Crippen molar-refractivity contribution in [1.29, 1.82) is 0 Å². The van der Waals surface area contributed by atoms with Gasteiger partial charge >= 0.3 is 0 Å². The third kappa shape index (κ3) is 2.76. The van der Waals surface area contributed by atoms with Gasteiger partial charge in [-0.25, -0.2) is 0 Å². The standard InChI is InChI=1S/C7H12N2O4/c10-3-4(11)2-8-5-1-6(12)9-7(5)13/h4-5,8,10-11H,1-3H2,(H,9,12,13). The van der Waals surface area contributed by atoms with Crippen LogP contribution in [0.15, 0.2) is 0 Å². The Balaban J connectivity index is 2.29. The molecule has 0 aromatic rings. The summed E-state index contributed by atoms with van der Waals surface area (Å²) in [7, 11) is 0. The van der Waals surface area contributed by atoms with E-state index in [1.165, 1.54) is 0 Å². The fraction of sp³-hybridized carbons (Fsp3) is 0.714. The Hall–Kier alpha value is -0.980. The van der Waals surface area contributed by atoms with E-state index >= 15 is 0 Å². The highest BCUT2D eigenvalue weighted by Gasteiger charge is 2.30. The van der Waals surface area contributed by atoms with E-state index in [2.05, 4.69) is 10.6 Å². The number of aliphatic hydroxyl groups is 2. The summed E-state index contributed by atoms with van der Waals surface area (Å²) in [5.41, 5.74) is 0. The normalized spacial score (nSPS) is 24.6. The molecular weight excluding hydrogens is 176 g/mol. The number of rotatable bonds is 4. The Kier molecular flexibility index (Phi) is 3.35. The van der Waals surface area contributed by atoms with E-state index in [1.807, 2.05) is 0 Å². The molecule has 13 heavy (non-hydrogen) atoms. The molecular formula is C7H12N2O4. The Bertz CT molecular complexity index is 219. The van der Waals surface area contributed by atoms with Gasteiger partial charge in [-0.05, 0) is 0 Å². The van der Waals surface area contributed by atoms with Gasteiger partial charge in [-0.1, -0.05) is 0 Å². The number of imide groups is 1. The van der Waals surface area contributed by atoms with Crippen LogP contribution in [0.25, 0.3) is 0 Å². The average Bonchev–Trinajstić information content (AvgIpc) is 2.41. The lowest BCUT2D eigenvalue weighted by molar-refractivity contribution is -0.125. The second-order valence-electron chi connectivity index (χ2n) is 2.91. The van der Waals surface area contributed by atoms with Crippen molar-refractivity contribution < 1.29 is 19.8 Å². The van der Waals surface area contributed by atoms with Gasteiger partial charge in [0.25, 0.3) is 0 Å². The Morgan fingerprint density at radius 1 is 1.62 bits per heavy atom. The van der Waals surface area contributed by atoms with Crippen LogP contribution >= 0.6 is 0 Å². The Morgan fingerprint density at radius 2 is 2.31 bits per heavy atom. The minimum atomic E-state index is -0.900. The smallest absolute Gasteiger partial charge is 0.244 e. The van der Waals surface area contributed by atoms with Crippen molar-refractivity contribution >= 4 is 11.8 Å². The van der Waals surface area contributed by atoms with Gasteiger partial charge in [0.1, 0.15) is 0 Å². The lowest BCUT2D eigenvalue weighted by Gasteiger charge is -2.11. The molecule has 1 saturated heterocycles. The molecule has 0 saturated carbocycles. The predicted molar refractivity (Wildman–Crippen MR) is 42.7 cm³/mol. The number of aliphatic hydroxyl groups excluding tert-OH is 2. The van der Waals surface area contributed by atoms with E-state index in [4.69, 9.17) is 10.2 Å². The molecule has 1 fully saturated rings. The van der Waals surface area contributed by atoms with E-state index in [1.54, 1.807) is 0 Å². The fourth-order valence-electron chi connectivity index (χ4n) is 1.06. The van der Waals surface area contributed by atoms with Gasteiger partial charge in [-0.3, -0.25) is 14.9 Å². The van der Waals surface area contributed by atoms with Crippen molar-refractivity contribution in [3.63, 3.8) is 0 Å². The van der Waals surface area contributed by atoms with E-state index in [0.29, 0.717) is 0 Å². The summed E-state index contributed by atoms with van der Waals surface area (Å²) in [5.74, 6) is -0.698. The largest absolute Gasteiger partial charge is 0.394 e. The monoisotopic (exact) mass is 188 g/mol. The molecule has 1 heterocycles. The maximum atomic E-state index is 10.9. The molecule has 1 aliphatic heterocycles. The molecule has 0 radical (unpaired) electrons. The van der Waals surface area contributed by atoms with Crippen molar-refractivity contribution in [1.82, 2.24) is 10.6 Å². The molecule has 0 spiro atoms. The topological polar surface area (TPSA) is 98.7 Å². The van der Waals surface area contributed by atoms with Crippen LogP contribution in [0, 0.1) is 0 Å². The molecule has 0 bridgehead atoms. The van der Waals surface area contributed by atoms with E-state index in [-0.39, 0.29) is 31.4 Å². The van der Waals surface area contributed by atoms with Gasteiger partial charge in [0, 0.05) is 6.54 Å². The number of amides is 2. The van der Waals surface area contributed by atoms with Gasteiger partial charge in [0.15, 0.2) is 0 Å². The molecule has 2 unspecified atom stereocenters. The first kappa shape index (κ1) is 10.1. The highest BCUT2D eigenvalue weighted by Crippen LogP contribution is 2.00. The number of carbonyl (C=O) groups excluding carboxylic acids is 2. The highest BCUT2D eigenvalue weighted by atomic mass is 16.3. The maximum absolute atomic E-state index is 10.9. The van der Waals surface area contributed by atoms with Gasteiger partial charge in [-0.2, -0.15) is 0 Å². The quantitative estimate of drug-likeness (QED) is 0.361. The molecule has 0 aromatic heterocycles. The average molecular weight is 188 g/mol. The van der Waals surface area contributed by atoms with Crippen LogP contribution in [0.3, 0.4) is 0 Å². The van der Waals surface area contributed by atoms with Crippen molar-refractivity contribution in [2.45, 2.75) is 18.6 Å². The maximum Gasteiger partial charge on any atom is 0.244 e. The van der Waals surface area contributed by atoms with Gasteiger partial charge in [0.2, 0.25) is 11.8 Å². The molecule has 1 aliphatic rings. The Morgan fingerprint density at radius 3 is 2.77 bits per heavy atom. The molecule has 6 nitrogen and oxygen atoms in total. The zero-order valence-corrected chi connectivity index (χ0v) is 6.99. The van der Waals surface area contributed by atoms with E-state index in [0.717, 1.165) is 0 Å². The van der Waals surface area contributed by atoms with Crippen LogP contribution in [0.4, 0.5) is 0 Å². The van der Waals surface area contributed by atoms with Crippen LogP contribution < -0.4 is 10.6 Å². The fourth-order valence-corrected chi connectivity index (χ4v) is 1.06. The first-order valence-corrected chi connectivity index (χ1v) is 3.99.